The Morgan fingerprint density at radius 2 is 1.78 bits per heavy atom. The van der Waals surface area contributed by atoms with Crippen LogP contribution in [0.15, 0.2) is 72.8 Å². The van der Waals surface area contributed by atoms with Gasteiger partial charge < -0.3 is 9.84 Å². The third-order valence-corrected chi connectivity index (χ3v) is 6.23. The monoisotopic (exact) mass is 489 g/mol. The zero-order valence-corrected chi connectivity index (χ0v) is 19.2. The van der Waals surface area contributed by atoms with Crippen LogP contribution >= 0.6 is 0 Å². The summed E-state index contributed by atoms with van der Waals surface area (Å²) in [6.45, 7) is -0.273. The Morgan fingerprint density at radius 3 is 2.56 bits per heavy atom. The summed E-state index contributed by atoms with van der Waals surface area (Å²) in [6.07, 6.45) is -0.256. The normalized spacial score (nSPS) is 14.6. The van der Waals surface area contributed by atoms with Crippen LogP contribution in [0.25, 0.3) is 22.6 Å². The molecule has 36 heavy (non-hydrogen) atoms. The fourth-order valence-corrected chi connectivity index (χ4v) is 4.54. The number of alkyl halides is 3. The second-order valence-corrected chi connectivity index (χ2v) is 8.72. The highest BCUT2D eigenvalue weighted by molar-refractivity contribution is 6.06. The first-order chi connectivity index (χ1) is 17.3. The van der Waals surface area contributed by atoms with Gasteiger partial charge in [0.05, 0.1) is 22.3 Å². The van der Waals surface area contributed by atoms with Crippen LogP contribution in [-0.2, 0) is 23.9 Å². The summed E-state index contributed by atoms with van der Waals surface area (Å²) in [4.78, 5) is 18.2. The maximum atomic E-state index is 13.4. The summed E-state index contributed by atoms with van der Waals surface area (Å²) in [5.41, 5.74) is 3.89. The van der Waals surface area contributed by atoms with Crippen LogP contribution in [0.5, 0.6) is 5.75 Å². The van der Waals surface area contributed by atoms with Gasteiger partial charge >= 0.3 is 12.1 Å². The van der Waals surface area contributed by atoms with E-state index in [1.54, 1.807) is 18.2 Å². The van der Waals surface area contributed by atoms with E-state index in [0.29, 0.717) is 22.9 Å². The molecule has 1 N–H and O–H groups in total. The molecule has 0 amide bonds. The number of fused-ring (bicyclic) bond motifs is 2. The molecule has 0 fully saturated rings. The van der Waals surface area contributed by atoms with E-state index in [-0.39, 0.29) is 17.9 Å². The van der Waals surface area contributed by atoms with Crippen LogP contribution in [0, 0.1) is 0 Å². The summed E-state index contributed by atoms with van der Waals surface area (Å²) in [5.74, 6) is -0.413. The number of benzene rings is 3. The zero-order valence-electron chi connectivity index (χ0n) is 19.2. The molecule has 1 aliphatic carbocycles. The predicted octanol–water partition coefficient (Wildman–Crippen LogP) is 7.19. The van der Waals surface area contributed by atoms with E-state index >= 15 is 0 Å². The molecule has 0 atom stereocenters. The van der Waals surface area contributed by atoms with Crippen molar-refractivity contribution >= 4 is 28.5 Å². The molecule has 0 spiro atoms. The van der Waals surface area contributed by atoms with Gasteiger partial charge in [-0.05, 0) is 77.9 Å². The number of allylic oxidation sites excluding steroid dienone is 1. The second kappa shape index (κ2) is 9.49. The lowest BCUT2D eigenvalue weighted by atomic mass is 9.86. The second-order valence-electron chi connectivity index (χ2n) is 8.72. The molecule has 1 aromatic heterocycles. The minimum absolute atomic E-state index is 0.177. The van der Waals surface area contributed by atoms with Gasteiger partial charge in [0.15, 0.2) is 0 Å². The summed E-state index contributed by atoms with van der Waals surface area (Å²) in [7, 11) is 0. The van der Waals surface area contributed by atoms with Crippen LogP contribution in [0.1, 0.15) is 51.1 Å². The van der Waals surface area contributed by atoms with Gasteiger partial charge in [-0.3, -0.25) is 0 Å². The van der Waals surface area contributed by atoms with Gasteiger partial charge in [0.25, 0.3) is 0 Å². The average molecular weight is 489 g/mol. The smallest absolute Gasteiger partial charge is 0.416 e. The van der Waals surface area contributed by atoms with E-state index in [2.05, 4.69) is 0 Å². The van der Waals surface area contributed by atoms with Gasteiger partial charge in [0.2, 0.25) is 0 Å². The highest BCUT2D eigenvalue weighted by Gasteiger charge is 2.30. The van der Waals surface area contributed by atoms with E-state index < -0.39 is 17.7 Å². The number of pyridine rings is 1. The maximum absolute atomic E-state index is 13.4. The van der Waals surface area contributed by atoms with Crippen LogP contribution in [-0.4, -0.2) is 16.1 Å². The number of hydrogen-bond acceptors (Lipinski definition) is 4. The number of carbonyl (C=O) groups excluding carboxylic acids is 1. The Morgan fingerprint density at radius 1 is 1.00 bits per heavy atom. The topological polar surface area (TPSA) is 59.4 Å². The molecular formula is C29H22F3NO3. The van der Waals surface area contributed by atoms with Crippen molar-refractivity contribution in [3.05, 3.63) is 106 Å². The molecule has 0 unspecified atom stereocenters. The number of phenolic OH excluding ortho intramolecular Hbond substituents is 1. The van der Waals surface area contributed by atoms with Gasteiger partial charge in [0.1, 0.15) is 12.4 Å². The molecule has 1 heterocycles. The van der Waals surface area contributed by atoms with E-state index in [1.807, 2.05) is 36.4 Å². The molecule has 0 saturated carbocycles. The first kappa shape index (κ1) is 23.6. The molecule has 1 aliphatic rings. The lowest BCUT2D eigenvalue weighted by Gasteiger charge is -2.22. The number of hydrogen-bond donors (Lipinski definition) is 1. The first-order valence-electron chi connectivity index (χ1n) is 11.5. The number of halogens is 3. The quantitative estimate of drug-likeness (QED) is 0.308. The number of para-hydroxylation sites is 1. The Bertz CT molecular complexity index is 1470. The minimum Gasteiger partial charge on any atom is -0.508 e. The zero-order chi connectivity index (χ0) is 25.3. The van der Waals surface area contributed by atoms with E-state index in [9.17, 15) is 23.1 Å². The van der Waals surface area contributed by atoms with Gasteiger partial charge in [-0.1, -0.05) is 42.5 Å². The van der Waals surface area contributed by atoms with E-state index in [0.717, 1.165) is 47.4 Å². The van der Waals surface area contributed by atoms with Crippen LogP contribution in [0.2, 0.25) is 0 Å². The standard InChI is InChI=1S/C29H22F3NO3/c30-29(31,32)21-7-3-5-19(16-21)17-36-28(35)26-23-8-1-2-10-25(23)33-27-20(6-4-9-24(26)27)15-18-11-13-22(34)14-12-18/h1-3,5,7-8,10-16,34H,4,6,9,17H2/b20-15+. The number of ether oxygens (including phenoxy) is 1. The molecule has 4 nitrogen and oxygen atoms in total. The molecule has 4 aromatic rings. The molecule has 0 bridgehead atoms. The van der Waals surface area contributed by atoms with Crippen LogP contribution < -0.4 is 0 Å². The Hall–Kier alpha value is -4.13. The van der Waals surface area contributed by atoms with Crippen molar-refractivity contribution in [2.45, 2.75) is 32.0 Å². The molecule has 7 heteroatoms. The van der Waals surface area contributed by atoms with Crippen molar-refractivity contribution in [3.63, 3.8) is 0 Å². The Balaban J connectivity index is 1.52. The highest BCUT2D eigenvalue weighted by Crippen LogP contribution is 2.37. The van der Waals surface area contributed by atoms with Gasteiger partial charge in [-0.15, -0.1) is 0 Å². The number of carbonyl (C=O) groups is 1. The van der Waals surface area contributed by atoms with Crippen LogP contribution in [0.4, 0.5) is 13.2 Å². The number of nitrogens with zero attached hydrogens (tertiary/aromatic N) is 1. The van der Waals surface area contributed by atoms with E-state index in [4.69, 9.17) is 9.72 Å². The molecule has 5 rings (SSSR count). The lowest BCUT2D eigenvalue weighted by Crippen LogP contribution is -2.15. The molecule has 182 valence electrons. The van der Waals surface area contributed by atoms with Crippen molar-refractivity contribution in [3.8, 4) is 5.75 Å². The van der Waals surface area contributed by atoms with Crippen molar-refractivity contribution in [1.29, 1.82) is 0 Å². The van der Waals surface area contributed by atoms with Crippen molar-refractivity contribution in [2.24, 2.45) is 0 Å². The SMILES string of the molecule is O=C(OCc1cccc(C(F)(F)F)c1)c1c2c(nc3ccccc13)/C(=C/c1ccc(O)cc1)CCC2. The van der Waals surface area contributed by atoms with E-state index in [1.165, 1.54) is 12.1 Å². The number of aromatic nitrogens is 1. The number of phenols is 1. The summed E-state index contributed by atoms with van der Waals surface area (Å²) in [5, 5.41) is 10.2. The third-order valence-electron chi connectivity index (χ3n) is 6.23. The lowest BCUT2D eigenvalue weighted by molar-refractivity contribution is -0.137. The summed E-state index contributed by atoms with van der Waals surface area (Å²) < 4.78 is 44.8. The molecule has 0 saturated heterocycles. The van der Waals surface area contributed by atoms with Crippen LogP contribution in [0.3, 0.4) is 0 Å². The first-order valence-corrected chi connectivity index (χ1v) is 11.5. The van der Waals surface area contributed by atoms with Crippen molar-refractivity contribution in [2.75, 3.05) is 0 Å². The fourth-order valence-electron chi connectivity index (χ4n) is 4.54. The minimum atomic E-state index is -4.47. The summed E-state index contributed by atoms with van der Waals surface area (Å²) in [6, 6.07) is 18.9. The average Bonchev–Trinajstić information content (AvgIpc) is 2.87. The molecular weight excluding hydrogens is 467 g/mol. The largest absolute Gasteiger partial charge is 0.508 e. The number of aromatic hydroxyl groups is 1. The summed E-state index contributed by atoms with van der Waals surface area (Å²) >= 11 is 0. The van der Waals surface area contributed by atoms with Gasteiger partial charge in [-0.25, -0.2) is 9.78 Å². The molecule has 0 aliphatic heterocycles. The predicted molar refractivity (Wildman–Crippen MR) is 131 cm³/mol. The fraction of sp³-hybridized carbons (Fsp3) is 0.172. The number of rotatable bonds is 4. The van der Waals surface area contributed by atoms with Gasteiger partial charge in [0, 0.05) is 5.39 Å². The van der Waals surface area contributed by atoms with Gasteiger partial charge in [-0.2, -0.15) is 13.2 Å². The molecule has 0 radical (unpaired) electrons. The van der Waals surface area contributed by atoms with Crippen molar-refractivity contribution < 1.29 is 27.8 Å². The maximum Gasteiger partial charge on any atom is 0.416 e. The third kappa shape index (κ3) is 4.82. The highest BCUT2D eigenvalue weighted by atomic mass is 19.4. The molecule has 3 aromatic carbocycles. The number of esters is 1. The Labute approximate surface area is 205 Å². The van der Waals surface area contributed by atoms with Crippen molar-refractivity contribution in [1.82, 2.24) is 4.98 Å². The Kier molecular flexibility index (Phi) is 6.22.